The maximum absolute atomic E-state index is 12.4. The summed E-state index contributed by atoms with van der Waals surface area (Å²) in [5.74, 6) is -0.441. The molecular formula is C16H23ClN2O2. The molecule has 4 nitrogen and oxygen atoms in total. The number of alkyl halides is 1. The zero-order valence-electron chi connectivity index (χ0n) is 13.0. The van der Waals surface area contributed by atoms with Gasteiger partial charge in [0.25, 0.3) is 0 Å². The second kappa shape index (κ2) is 7.46. The normalized spacial score (nSPS) is 12.6. The van der Waals surface area contributed by atoms with Crippen molar-refractivity contribution in [2.45, 2.75) is 38.6 Å². The first-order valence-electron chi connectivity index (χ1n) is 7.03. The Morgan fingerprint density at radius 1 is 1.24 bits per heavy atom. The van der Waals surface area contributed by atoms with Crippen molar-refractivity contribution in [3.8, 4) is 0 Å². The van der Waals surface area contributed by atoms with Crippen molar-refractivity contribution in [3.05, 3.63) is 35.9 Å². The van der Waals surface area contributed by atoms with Crippen molar-refractivity contribution in [2.24, 2.45) is 0 Å². The van der Waals surface area contributed by atoms with E-state index in [0.29, 0.717) is 6.54 Å². The van der Waals surface area contributed by atoms with Gasteiger partial charge in [-0.05, 0) is 33.3 Å². The number of carbonyl (C=O) groups is 2. The lowest BCUT2D eigenvalue weighted by molar-refractivity contribution is -0.136. The first-order valence-corrected chi connectivity index (χ1v) is 7.47. The second-order valence-electron chi connectivity index (χ2n) is 5.92. The summed E-state index contributed by atoms with van der Waals surface area (Å²) >= 11 is 6.22. The van der Waals surface area contributed by atoms with E-state index in [2.05, 4.69) is 5.32 Å². The Labute approximate surface area is 131 Å². The summed E-state index contributed by atoms with van der Waals surface area (Å²) in [7, 11) is 0. The monoisotopic (exact) mass is 310 g/mol. The smallest absolute Gasteiger partial charge is 0.245 e. The van der Waals surface area contributed by atoms with Gasteiger partial charge in [0.1, 0.15) is 5.38 Å². The van der Waals surface area contributed by atoms with Crippen LogP contribution in [-0.4, -0.2) is 35.3 Å². The second-order valence-corrected chi connectivity index (χ2v) is 6.36. The summed E-state index contributed by atoms with van der Waals surface area (Å²) in [6, 6.07) is 9.14. The van der Waals surface area contributed by atoms with Gasteiger partial charge in [0.2, 0.25) is 11.8 Å². The molecule has 1 rings (SSSR count). The van der Waals surface area contributed by atoms with Crippen LogP contribution >= 0.6 is 11.6 Å². The Morgan fingerprint density at radius 2 is 1.81 bits per heavy atom. The number of likely N-dealkylation sites (N-methyl/N-ethyl adjacent to an activating group) is 1. The van der Waals surface area contributed by atoms with Crippen LogP contribution in [0, 0.1) is 0 Å². The number of hydrogen-bond acceptors (Lipinski definition) is 2. The number of hydrogen-bond donors (Lipinski definition) is 1. The summed E-state index contributed by atoms with van der Waals surface area (Å²) in [4.78, 5) is 25.8. The van der Waals surface area contributed by atoms with Crippen molar-refractivity contribution in [2.75, 3.05) is 13.1 Å². The lowest BCUT2D eigenvalue weighted by atomic mass is 10.1. The van der Waals surface area contributed by atoms with Gasteiger partial charge in [-0.3, -0.25) is 9.59 Å². The number of nitrogens with zero attached hydrogens (tertiary/aromatic N) is 1. The number of rotatable bonds is 5. The number of halogens is 1. The van der Waals surface area contributed by atoms with E-state index in [0.717, 1.165) is 5.56 Å². The van der Waals surface area contributed by atoms with E-state index in [-0.39, 0.29) is 23.9 Å². The van der Waals surface area contributed by atoms with Gasteiger partial charge >= 0.3 is 0 Å². The van der Waals surface area contributed by atoms with Crippen LogP contribution < -0.4 is 5.32 Å². The van der Waals surface area contributed by atoms with Crippen LogP contribution in [0.25, 0.3) is 0 Å². The van der Waals surface area contributed by atoms with Gasteiger partial charge in [0, 0.05) is 12.1 Å². The summed E-state index contributed by atoms with van der Waals surface area (Å²) in [5, 5.41) is 2.07. The van der Waals surface area contributed by atoms with E-state index in [4.69, 9.17) is 11.6 Å². The lowest BCUT2D eigenvalue weighted by Crippen LogP contribution is -2.47. The fourth-order valence-electron chi connectivity index (χ4n) is 1.90. The van der Waals surface area contributed by atoms with Crippen molar-refractivity contribution in [1.82, 2.24) is 10.2 Å². The van der Waals surface area contributed by atoms with E-state index in [1.54, 1.807) is 12.1 Å². The zero-order chi connectivity index (χ0) is 16.0. The number of amides is 2. The molecule has 0 saturated heterocycles. The molecule has 0 heterocycles. The highest BCUT2D eigenvalue weighted by atomic mass is 35.5. The first kappa shape index (κ1) is 17.5. The molecule has 1 atom stereocenters. The van der Waals surface area contributed by atoms with Gasteiger partial charge in [-0.15, -0.1) is 11.6 Å². The highest BCUT2D eigenvalue weighted by molar-refractivity contribution is 6.30. The number of benzene rings is 1. The largest absolute Gasteiger partial charge is 0.350 e. The predicted molar refractivity (Wildman–Crippen MR) is 85.2 cm³/mol. The van der Waals surface area contributed by atoms with E-state index in [1.165, 1.54) is 4.90 Å². The van der Waals surface area contributed by atoms with Crippen molar-refractivity contribution < 1.29 is 9.59 Å². The van der Waals surface area contributed by atoms with Crippen LogP contribution in [0.4, 0.5) is 0 Å². The van der Waals surface area contributed by atoms with Gasteiger partial charge < -0.3 is 10.2 Å². The minimum atomic E-state index is -0.770. The van der Waals surface area contributed by atoms with Crippen molar-refractivity contribution in [3.63, 3.8) is 0 Å². The van der Waals surface area contributed by atoms with Crippen LogP contribution in [0.3, 0.4) is 0 Å². The molecular weight excluding hydrogens is 288 g/mol. The maximum atomic E-state index is 12.4. The van der Waals surface area contributed by atoms with Gasteiger partial charge in [0.15, 0.2) is 0 Å². The average Bonchev–Trinajstić information content (AvgIpc) is 2.42. The van der Waals surface area contributed by atoms with Crippen LogP contribution in [-0.2, 0) is 9.59 Å². The molecule has 116 valence electrons. The SMILES string of the molecule is CCN(CC(=O)NC(C)(C)C)C(=O)C(Cl)c1ccccc1. The predicted octanol–water partition coefficient (Wildman–Crippen LogP) is 2.73. The van der Waals surface area contributed by atoms with Crippen LogP contribution in [0.2, 0.25) is 0 Å². The molecule has 2 amide bonds. The number of nitrogens with one attached hydrogen (secondary N) is 1. The molecule has 0 radical (unpaired) electrons. The standard InChI is InChI=1S/C16H23ClN2O2/c1-5-19(11-13(20)18-16(2,3)4)15(21)14(17)12-9-7-6-8-10-12/h6-10,14H,5,11H2,1-4H3,(H,18,20). The molecule has 0 aliphatic carbocycles. The van der Waals surface area contributed by atoms with Crippen molar-refractivity contribution >= 4 is 23.4 Å². The van der Waals surface area contributed by atoms with Gasteiger partial charge in [-0.2, -0.15) is 0 Å². The Bertz CT molecular complexity index is 483. The van der Waals surface area contributed by atoms with Crippen LogP contribution in [0.15, 0.2) is 30.3 Å². The quantitative estimate of drug-likeness (QED) is 0.850. The minimum Gasteiger partial charge on any atom is -0.350 e. The molecule has 1 aromatic carbocycles. The topological polar surface area (TPSA) is 49.4 Å². The van der Waals surface area contributed by atoms with E-state index < -0.39 is 5.38 Å². The molecule has 0 spiro atoms. The highest BCUT2D eigenvalue weighted by Crippen LogP contribution is 2.22. The maximum Gasteiger partial charge on any atom is 0.245 e. The van der Waals surface area contributed by atoms with E-state index in [1.807, 2.05) is 45.9 Å². The van der Waals surface area contributed by atoms with Gasteiger partial charge in [-0.25, -0.2) is 0 Å². The molecule has 0 saturated carbocycles. The molecule has 0 aliphatic heterocycles. The molecule has 1 aromatic rings. The first-order chi connectivity index (χ1) is 9.74. The Morgan fingerprint density at radius 3 is 2.29 bits per heavy atom. The Balaban J connectivity index is 2.71. The molecule has 1 unspecified atom stereocenters. The third-order valence-corrected chi connectivity index (χ3v) is 3.29. The van der Waals surface area contributed by atoms with Gasteiger partial charge in [0.05, 0.1) is 6.54 Å². The summed E-state index contributed by atoms with van der Waals surface area (Å²) < 4.78 is 0. The molecule has 0 aromatic heterocycles. The Kier molecular flexibility index (Phi) is 6.21. The molecule has 0 fully saturated rings. The molecule has 5 heteroatoms. The molecule has 21 heavy (non-hydrogen) atoms. The highest BCUT2D eigenvalue weighted by Gasteiger charge is 2.25. The fourth-order valence-corrected chi connectivity index (χ4v) is 2.19. The minimum absolute atomic E-state index is 0.0165. The number of carbonyl (C=O) groups excluding carboxylic acids is 2. The van der Waals surface area contributed by atoms with Crippen LogP contribution in [0.5, 0.6) is 0 Å². The molecule has 0 aliphatic rings. The van der Waals surface area contributed by atoms with Gasteiger partial charge in [-0.1, -0.05) is 30.3 Å². The Hall–Kier alpha value is -1.55. The van der Waals surface area contributed by atoms with E-state index in [9.17, 15) is 9.59 Å². The van der Waals surface area contributed by atoms with Crippen molar-refractivity contribution in [1.29, 1.82) is 0 Å². The summed E-state index contributed by atoms with van der Waals surface area (Å²) in [6.07, 6.45) is 0. The summed E-state index contributed by atoms with van der Waals surface area (Å²) in [5.41, 5.74) is 0.415. The van der Waals surface area contributed by atoms with Crippen LogP contribution in [0.1, 0.15) is 38.6 Å². The summed E-state index contributed by atoms with van der Waals surface area (Å²) in [6.45, 7) is 7.98. The third kappa shape index (κ3) is 5.76. The van der Waals surface area contributed by atoms with E-state index >= 15 is 0 Å². The zero-order valence-corrected chi connectivity index (χ0v) is 13.8. The third-order valence-electron chi connectivity index (χ3n) is 2.85. The lowest BCUT2D eigenvalue weighted by Gasteiger charge is -2.26. The fraction of sp³-hybridized carbons (Fsp3) is 0.500. The molecule has 0 bridgehead atoms. The average molecular weight is 311 g/mol. The molecule has 1 N–H and O–H groups in total.